The third-order valence-corrected chi connectivity index (χ3v) is 5.32. The Labute approximate surface area is 209 Å². The van der Waals surface area contributed by atoms with Crippen molar-refractivity contribution in [2.45, 2.75) is 25.7 Å². The van der Waals surface area contributed by atoms with Gasteiger partial charge in [0.1, 0.15) is 5.75 Å². The normalized spacial score (nSPS) is 10.7. The number of carbonyl (C=O) groups is 3. The second-order valence-corrected chi connectivity index (χ2v) is 8.07. The number of nitrogens with zero attached hydrogens (tertiary/aromatic N) is 1. The predicted octanol–water partition coefficient (Wildman–Crippen LogP) is 5.00. The van der Waals surface area contributed by atoms with Crippen LogP contribution in [0.15, 0.2) is 84.0 Å². The second kappa shape index (κ2) is 13.7. The van der Waals surface area contributed by atoms with Crippen LogP contribution in [0.5, 0.6) is 5.75 Å². The molecule has 0 saturated carbocycles. The van der Waals surface area contributed by atoms with Crippen molar-refractivity contribution >= 4 is 35.6 Å². The van der Waals surface area contributed by atoms with Crippen LogP contribution in [-0.4, -0.2) is 30.5 Å². The number of benzene rings is 3. The van der Waals surface area contributed by atoms with Crippen LogP contribution in [0.3, 0.4) is 0 Å². The lowest BCUT2D eigenvalue weighted by Crippen LogP contribution is -2.24. The van der Waals surface area contributed by atoms with E-state index in [1.807, 2.05) is 18.2 Å². The number of carbonyl (C=O) groups excluding carboxylic acids is 3. The Hall–Kier alpha value is -3.97. The van der Waals surface area contributed by atoms with Crippen molar-refractivity contribution in [1.82, 2.24) is 10.7 Å². The molecule has 7 nitrogen and oxygen atoms in total. The van der Waals surface area contributed by atoms with Crippen LogP contribution in [-0.2, 0) is 4.79 Å². The van der Waals surface area contributed by atoms with E-state index in [1.54, 1.807) is 60.7 Å². The summed E-state index contributed by atoms with van der Waals surface area (Å²) in [6.07, 6.45) is 4.18. The first-order chi connectivity index (χ1) is 17.0. The molecule has 2 N–H and O–H groups in total. The van der Waals surface area contributed by atoms with Crippen LogP contribution in [0.25, 0.3) is 0 Å². The highest BCUT2D eigenvalue weighted by atomic mass is 35.5. The monoisotopic (exact) mass is 491 g/mol. The van der Waals surface area contributed by atoms with Crippen molar-refractivity contribution < 1.29 is 19.1 Å². The van der Waals surface area contributed by atoms with E-state index in [0.717, 1.165) is 18.4 Å². The van der Waals surface area contributed by atoms with Gasteiger partial charge in [-0.1, -0.05) is 48.4 Å². The molecule has 0 aliphatic rings. The van der Waals surface area contributed by atoms with Crippen LogP contribution < -0.4 is 15.5 Å². The van der Waals surface area contributed by atoms with Gasteiger partial charge in [0.05, 0.1) is 16.8 Å². The van der Waals surface area contributed by atoms with E-state index in [2.05, 4.69) is 15.8 Å². The molecule has 0 radical (unpaired) electrons. The van der Waals surface area contributed by atoms with Gasteiger partial charge in [0.2, 0.25) is 5.91 Å². The fourth-order valence-electron chi connectivity index (χ4n) is 3.13. The number of hydrogen-bond donors (Lipinski definition) is 2. The van der Waals surface area contributed by atoms with Gasteiger partial charge in [-0.3, -0.25) is 9.59 Å². The Bertz CT molecular complexity index is 1160. The van der Waals surface area contributed by atoms with Crippen molar-refractivity contribution in [2.24, 2.45) is 5.10 Å². The maximum absolute atomic E-state index is 12.2. The number of halogens is 1. The summed E-state index contributed by atoms with van der Waals surface area (Å²) in [5, 5.41) is 7.15. The fraction of sp³-hybridized carbons (Fsp3) is 0.185. The molecule has 0 atom stereocenters. The summed E-state index contributed by atoms with van der Waals surface area (Å²) in [6, 6.07) is 22.4. The van der Waals surface area contributed by atoms with E-state index in [1.165, 1.54) is 6.21 Å². The van der Waals surface area contributed by atoms with E-state index in [4.69, 9.17) is 16.3 Å². The first-order valence-corrected chi connectivity index (χ1v) is 11.6. The summed E-state index contributed by atoms with van der Waals surface area (Å²) in [4.78, 5) is 36.1. The molecule has 0 aromatic heterocycles. The average Bonchev–Trinajstić information content (AvgIpc) is 2.87. The van der Waals surface area contributed by atoms with Gasteiger partial charge in [0, 0.05) is 18.5 Å². The smallest absolute Gasteiger partial charge is 0.345 e. The standard InChI is InChI=1S/C27H26ClN3O4/c28-24-12-7-6-11-23(24)27(34)35-22-16-14-20(15-17-22)19-30-31-25(32)13-5-2-8-18-29-26(33)21-9-3-1-4-10-21/h1,3-4,6-7,9-12,14-17,19H,2,5,8,13,18H2,(H,29,33)(H,31,32). The van der Waals surface area contributed by atoms with Crippen molar-refractivity contribution in [1.29, 1.82) is 0 Å². The van der Waals surface area contributed by atoms with E-state index in [0.29, 0.717) is 41.3 Å². The van der Waals surface area contributed by atoms with Crippen LogP contribution in [0, 0.1) is 0 Å². The van der Waals surface area contributed by atoms with Gasteiger partial charge in [-0.15, -0.1) is 0 Å². The summed E-state index contributed by atoms with van der Waals surface area (Å²) in [6.45, 7) is 0.567. The zero-order chi connectivity index (χ0) is 24.9. The van der Waals surface area contributed by atoms with Crippen LogP contribution in [0.1, 0.15) is 52.0 Å². The molecule has 180 valence electrons. The highest BCUT2D eigenvalue weighted by molar-refractivity contribution is 6.33. The Morgan fingerprint density at radius 1 is 0.857 bits per heavy atom. The van der Waals surface area contributed by atoms with Gasteiger partial charge in [0.25, 0.3) is 5.91 Å². The Morgan fingerprint density at radius 3 is 2.31 bits per heavy atom. The minimum absolute atomic E-state index is 0.0931. The van der Waals surface area contributed by atoms with Gasteiger partial charge in [0.15, 0.2) is 0 Å². The quantitative estimate of drug-likeness (QED) is 0.130. The molecule has 0 bridgehead atoms. The maximum atomic E-state index is 12.2. The van der Waals surface area contributed by atoms with Crippen molar-refractivity contribution in [3.63, 3.8) is 0 Å². The highest BCUT2D eigenvalue weighted by Gasteiger charge is 2.12. The SMILES string of the molecule is O=C(CCCCCNC(=O)c1ccccc1)NN=Cc1ccc(OC(=O)c2ccccc2Cl)cc1. The molecule has 0 heterocycles. The third-order valence-electron chi connectivity index (χ3n) is 4.99. The van der Waals surface area contributed by atoms with E-state index >= 15 is 0 Å². The lowest BCUT2D eigenvalue weighted by Gasteiger charge is -2.06. The maximum Gasteiger partial charge on any atom is 0.345 e. The molecule has 0 fully saturated rings. The topological polar surface area (TPSA) is 96.9 Å². The highest BCUT2D eigenvalue weighted by Crippen LogP contribution is 2.19. The number of hydrazone groups is 1. The molecule has 2 amide bonds. The lowest BCUT2D eigenvalue weighted by molar-refractivity contribution is -0.121. The minimum Gasteiger partial charge on any atom is -0.423 e. The second-order valence-electron chi connectivity index (χ2n) is 7.66. The molecule has 3 rings (SSSR count). The molecule has 0 aliphatic carbocycles. The summed E-state index contributed by atoms with van der Waals surface area (Å²) >= 11 is 6.01. The molecule has 3 aromatic carbocycles. The molecular formula is C27H26ClN3O4. The Morgan fingerprint density at radius 2 is 1.57 bits per heavy atom. The van der Waals surface area contributed by atoms with Gasteiger partial charge < -0.3 is 10.1 Å². The van der Waals surface area contributed by atoms with Gasteiger partial charge >= 0.3 is 5.97 Å². The number of amides is 2. The van der Waals surface area contributed by atoms with E-state index < -0.39 is 5.97 Å². The molecule has 0 aliphatic heterocycles. The number of rotatable bonds is 11. The van der Waals surface area contributed by atoms with Crippen molar-refractivity contribution in [2.75, 3.05) is 6.54 Å². The predicted molar refractivity (Wildman–Crippen MR) is 136 cm³/mol. The molecule has 3 aromatic rings. The first-order valence-electron chi connectivity index (χ1n) is 11.2. The van der Waals surface area contributed by atoms with Gasteiger partial charge in [-0.25, -0.2) is 10.2 Å². The number of hydrogen-bond acceptors (Lipinski definition) is 5. The number of esters is 1. The summed E-state index contributed by atoms with van der Waals surface area (Å²) in [5.74, 6) is -0.441. The fourth-order valence-corrected chi connectivity index (χ4v) is 3.34. The van der Waals surface area contributed by atoms with Gasteiger partial charge in [-0.2, -0.15) is 5.10 Å². The van der Waals surface area contributed by atoms with Crippen LogP contribution in [0.2, 0.25) is 5.02 Å². The third kappa shape index (κ3) is 8.72. The summed E-state index contributed by atoms with van der Waals surface area (Å²) in [7, 11) is 0. The Balaban J connectivity index is 1.30. The van der Waals surface area contributed by atoms with Crippen molar-refractivity contribution in [3.05, 3.63) is 101 Å². The van der Waals surface area contributed by atoms with Crippen molar-refractivity contribution in [3.8, 4) is 5.75 Å². The van der Waals surface area contributed by atoms with Crippen LogP contribution >= 0.6 is 11.6 Å². The Kier molecular flexibility index (Phi) is 10.0. The molecule has 0 spiro atoms. The molecule has 0 unspecified atom stereocenters. The molecule has 0 saturated heterocycles. The largest absolute Gasteiger partial charge is 0.423 e. The van der Waals surface area contributed by atoms with E-state index in [-0.39, 0.29) is 11.8 Å². The molecule has 35 heavy (non-hydrogen) atoms. The zero-order valence-corrected chi connectivity index (χ0v) is 19.8. The minimum atomic E-state index is -0.539. The van der Waals surface area contributed by atoms with E-state index in [9.17, 15) is 14.4 Å². The summed E-state index contributed by atoms with van der Waals surface area (Å²) < 4.78 is 5.33. The first kappa shape index (κ1) is 25.6. The molecule has 8 heteroatoms. The summed E-state index contributed by atoms with van der Waals surface area (Å²) in [5.41, 5.74) is 4.16. The lowest BCUT2D eigenvalue weighted by atomic mass is 10.2. The van der Waals surface area contributed by atoms with Gasteiger partial charge in [-0.05, 0) is 66.9 Å². The average molecular weight is 492 g/mol. The number of unbranched alkanes of at least 4 members (excludes halogenated alkanes) is 2. The zero-order valence-electron chi connectivity index (χ0n) is 19.1. The number of nitrogens with one attached hydrogen (secondary N) is 2. The molecular weight excluding hydrogens is 466 g/mol. The number of ether oxygens (including phenoxy) is 1. The van der Waals surface area contributed by atoms with Crippen LogP contribution in [0.4, 0.5) is 0 Å².